The topological polar surface area (TPSA) is 13.1 Å². The standard InChI is InChI=1S/C19H13BrO/c1-12-18(14-5-3-2-4-6-14)19-16-11-15(20)9-7-13(16)8-10-17(19)21-12/h2-11H,1H3. The Kier molecular flexibility index (Phi) is 2.86. The Morgan fingerprint density at radius 2 is 1.67 bits per heavy atom. The first kappa shape index (κ1) is 12.7. The zero-order valence-corrected chi connectivity index (χ0v) is 13.1. The summed E-state index contributed by atoms with van der Waals surface area (Å²) in [5.41, 5.74) is 3.33. The summed E-state index contributed by atoms with van der Waals surface area (Å²) in [7, 11) is 0. The molecule has 0 radical (unpaired) electrons. The third kappa shape index (κ3) is 1.98. The van der Waals surface area contributed by atoms with Crippen LogP contribution < -0.4 is 0 Å². The molecule has 0 aliphatic rings. The van der Waals surface area contributed by atoms with Gasteiger partial charge in [-0.2, -0.15) is 0 Å². The highest BCUT2D eigenvalue weighted by Crippen LogP contribution is 2.39. The summed E-state index contributed by atoms with van der Waals surface area (Å²) >= 11 is 3.58. The summed E-state index contributed by atoms with van der Waals surface area (Å²) in [4.78, 5) is 0. The lowest BCUT2D eigenvalue weighted by Crippen LogP contribution is -1.80. The molecule has 4 rings (SSSR count). The van der Waals surface area contributed by atoms with Crippen LogP contribution in [0.5, 0.6) is 0 Å². The fourth-order valence-corrected chi connectivity index (χ4v) is 3.32. The van der Waals surface area contributed by atoms with Gasteiger partial charge in [-0.05, 0) is 41.5 Å². The molecule has 4 aromatic rings. The van der Waals surface area contributed by atoms with Crippen molar-refractivity contribution in [2.45, 2.75) is 6.92 Å². The van der Waals surface area contributed by atoms with E-state index < -0.39 is 0 Å². The summed E-state index contributed by atoms with van der Waals surface area (Å²) in [6, 6.07) is 21.0. The van der Waals surface area contributed by atoms with Gasteiger partial charge in [0.05, 0.1) is 0 Å². The number of furan rings is 1. The number of benzene rings is 3. The van der Waals surface area contributed by atoms with E-state index in [-0.39, 0.29) is 0 Å². The molecule has 0 spiro atoms. The smallest absolute Gasteiger partial charge is 0.135 e. The van der Waals surface area contributed by atoms with Crippen LogP contribution in [0.2, 0.25) is 0 Å². The van der Waals surface area contributed by atoms with E-state index in [2.05, 4.69) is 70.5 Å². The maximum atomic E-state index is 5.99. The number of hydrogen-bond donors (Lipinski definition) is 0. The molecule has 1 aromatic heterocycles. The van der Waals surface area contributed by atoms with Crippen LogP contribution in [0.25, 0.3) is 32.9 Å². The van der Waals surface area contributed by atoms with Crippen molar-refractivity contribution >= 4 is 37.7 Å². The molecule has 0 unspecified atom stereocenters. The second-order valence-electron chi connectivity index (χ2n) is 5.20. The Morgan fingerprint density at radius 3 is 2.48 bits per heavy atom. The van der Waals surface area contributed by atoms with Gasteiger partial charge in [-0.3, -0.25) is 0 Å². The Balaban J connectivity index is 2.20. The summed E-state index contributed by atoms with van der Waals surface area (Å²) < 4.78 is 7.07. The fraction of sp³-hybridized carbons (Fsp3) is 0.0526. The monoisotopic (exact) mass is 336 g/mol. The first-order chi connectivity index (χ1) is 10.2. The third-order valence-corrected chi connectivity index (χ3v) is 4.37. The van der Waals surface area contributed by atoms with E-state index >= 15 is 0 Å². The van der Waals surface area contributed by atoms with Crippen LogP contribution in [-0.4, -0.2) is 0 Å². The molecule has 1 nitrogen and oxygen atoms in total. The first-order valence-corrected chi connectivity index (χ1v) is 7.70. The highest BCUT2D eigenvalue weighted by molar-refractivity contribution is 9.10. The van der Waals surface area contributed by atoms with Crippen LogP contribution in [0, 0.1) is 6.92 Å². The van der Waals surface area contributed by atoms with E-state index in [1.807, 2.05) is 13.0 Å². The molecule has 0 N–H and O–H groups in total. The van der Waals surface area contributed by atoms with E-state index in [1.54, 1.807) is 0 Å². The van der Waals surface area contributed by atoms with E-state index in [0.29, 0.717) is 0 Å². The fourth-order valence-electron chi connectivity index (χ4n) is 2.96. The summed E-state index contributed by atoms with van der Waals surface area (Å²) in [6.07, 6.45) is 0. The number of hydrogen-bond acceptors (Lipinski definition) is 1. The van der Waals surface area contributed by atoms with Crippen molar-refractivity contribution in [2.24, 2.45) is 0 Å². The third-order valence-electron chi connectivity index (χ3n) is 3.87. The highest BCUT2D eigenvalue weighted by Gasteiger charge is 2.15. The molecule has 0 fully saturated rings. The van der Waals surface area contributed by atoms with Gasteiger partial charge < -0.3 is 4.42 Å². The van der Waals surface area contributed by atoms with Crippen molar-refractivity contribution in [1.82, 2.24) is 0 Å². The number of aryl methyl sites for hydroxylation is 1. The van der Waals surface area contributed by atoms with Gasteiger partial charge in [0.15, 0.2) is 0 Å². The Bertz CT molecular complexity index is 952. The van der Waals surface area contributed by atoms with Crippen LogP contribution in [-0.2, 0) is 0 Å². The molecule has 21 heavy (non-hydrogen) atoms. The molecule has 3 aromatic carbocycles. The molecule has 0 saturated carbocycles. The number of halogens is 1. The molecule has 102 valence electrons. The van der Waals surface area contributed by atoms with Crippen LogP contribution in [0.3, 0.4) is 0 Å². The van der Waals surface area contributed by atoms with Crippen molar-refractivity contribution in [3.05, 3.63) is 70.9 Å². The molecule has 0 bridgehead atoms. The van der Waals surface area contributed by atoms with Gasteiger partial charge in [0.25, 0.3) is 0 Å². The first-order valence-electron chi connectivity index (χ1n) is 6.91. The van der Waals surface area contributed by atoms with E-state index in [9.17, 15) is 0 Å². The van der Waals surface area contributed by atoms with Gasteiger partial charge in [-0.15, -0.1) is 0 Å². The zero-order chi connectivity index (χ0) is 14.4. The summed E-state index contributed by atoms with van der Waals surface area (Å²) in [5, 5.41) is 3.64. The second-order valence-corrected chi connectivity index (χ2v) is 6.12. The second kappa shape index (κ2) is 4.74. The Labute approximate surface area is 131 Å². The molecule has 0 amide bonds. The molecule has 1 heterocycles. The molecule has 0 atom stereocenters. The lowest BCUT2D eigenvalue weighted by atomic mass is 9.98. The Hall–Kier alpha value is -2.06. The van der Waals surface area contributed by atoms with Gasteiger partial charge in [0.2, 0.25) is 0 Å². The summed E-state index contributed by atoms with van der Waals surface area (Å²) in [5.74, 6) is 0.962. The average molecular weight is 337 g/mol. The lowest BCUT2D eigenvalue weighted by Gasteiger charge is -2.04. The maximum Gasteiger partial charge on any atom is 0.135 e. The lowest BCUT2D eigenvalue weighted by molar-refractivity contribution is 0.580. The van der Waals surface area contributed by atoms with Crippen molar-refractivity contribution in [1.29, 1.82) is 0 Å². The van der Waals surface area contributed by atoms with Crippen molar-refractivity contribution in [3.63, 3.8) is 0 Å². The normalized spacial score (nSPS) is 11.3. The maximum absolute atomic E-state index is 5.99. The van der Waals surface area contributed by atoms with E-state index in [1.165, 1.54) is 27.3 Å². The van der Waals surface area contributed by atoms with Gasteiger partial charge >= 0.3 is 0 Å². The number of fused-ring (bicyclic) bond motifs is 3. The van der Waals surface area contributed by atoms with Crippen LogP contribution in [0.1, 0.15) is 5.76 Å². The molecule has 0 aliphatic heterocycles. The van der Waals surface area contributed by atoms with Crippen LogP contribution >= 0.6 is 15.9 Å². The Morgan fingerprint density at radius 1 is 0.905 bits per heavy atom. The largest absolute Gasteiger partial charge is 0.461 e. The predicted octanol–water partition coefficient (Wildman–Crippen LogP) is 6.32. The van der Waals surface area contributed by atoms with E-state index in [0.717, 1.165) is 15.8 Å². The van der Waals surface area contributed by atoms with Gasteiger partial charge in [-0.1, -0.05) is 58.4 Å². The van der Waals surface area contributed by atoms with Crippen LogP contribution in [0.15, 0.2) is 69.6 Å². The van der Waals surface area contributed by atoms with Gasteiger partial charge in [0.1, 0.15) is 11.3 Å². The molecule has 2 heteroatoms. The van der Waals surface area contributed by atoms with Crippen molar-refractivity contribution < 1.29 is 4.42 Å². The SMILES string of the molecule is Cc1oc2ccc3ccc(Br)cc3c2c1-c1ccccc1. The predicted molar refractivity (Wildman–Crippen MR) is 91.6 cm³/mol. The number of rotatable bonds is 1. The molecular weight excluding hydrogens is 324 g/mol. The van der Waals surface area contributed by atoms with Gasteiger partial charge in [-0.25, -0.2) is 0 Å². The van der Waals surface area contributed by atoms with Gasteiger partial charge in [0, 0.05) is 15.4 Å². The highest BCUT2D eigenvalue weighted by atomic mass is 79.9. The summed E-state index contributed by atoms with van der Waals surface area (Å²) in [6.45, 7) is 2.03. The molecular formula is C19H13BrO. The minimum atomic E-state index is 0.942. The quantitative estimate of drug-likeness (QED) is 0.396. The van der Waals surface area contributed by atoms with Crippen molar-refractivity contribution in [2.75, 3.05) is 0 Å². The molecule has 0 saturated heterocycles. The van der Waals surface area contributed by atoms with Crippen molar-refractivity contribution in [3.8, 4) is 11.1 Å². The zero-order valence-electron chi connectivity index (χ0n) is 11.6. The van der Waals surface area contributed by atoms with E-state index in [4.69, 9.17) is 4.42 Å². The minimum absolute atomic E-state index is 0.942. The van der Waals surface area contributed by atoms with Crippen LogP contribution in [0.4, 0.5) is 0 Å². The average Bonchev–Trinajstić information content (AvgIpc) is 2.84. The molecule has 0 aliphatic carbocycles. The minimum Gasteiger partial charge on any atom is -0.461 e.